The van der Waals surface area contributed by atoms with Crippen molar-refractivity contribution in [2.24, 2.45) is 7.05 Å². The van der Waals surface area contributed by atoms with Crippen LogP contribution in [0.3, 0.4) is 0 Å². The molecule has 0 aliphatic carbocycles. The molecule has 122 valence electrons. The number of amides is 1. The molecule has 6 heteroatoms. The first-order valence-corrected chi connectivity index (χ1v) is 7.44. The third-order valence-corrected chi connectivity index (χ3v) is 4.45. The van der Waals surface area contributed by atoms with Gasteiger partial charge in [-0.05, 0) is 43.7 Å². The van der Waals surface area contributed by atoms with E-state index >= 15 is 0 Å². The van der Waals surface area contributed by atoms with Crippen molar-refractivity contribution in [3.05, 3.63) is 58.9 Å². The monoisotopic (exact) mass is 320 g/mol. The minimum atomic E-state index is -0.756. The molecular formula is C17H18F2N2O2. The zero-order chi connectivity index (χ0) is 16.7. The number of aryl methyl sites for hydroxylation is 1. The van der Waals surface area contributed by atoms with Crippen molar-refractivity contribution in [1.29, 1.82) is 0 Å². The molecule has 2 heterocycles. The van der Waals surface area contributed by atoms with Gasteiger partial charge in [-0.2, -0.15) is 0 Å². The summed E-state index contributed by atoms with van der Waals surface area (Å²) in [5.41, 5.74) is 1.47. The second-order valence-corrected chi connectivity index (χ2v) is 5.95. The average molecular weight is 320 g/mol. The number of rotatable bonds is 2. The molecule has 1 amide bonds. The van der Waals surface area contributed by atoms with Gasteiger partial charge in [-0.25, -0.2) is 8.78 Å². The molecule has 1 saturated heterocycles. The standard InChI is InChI=1S/C17H18F2N2O2/c1-10-3-6-15(20(10)2)17(23)21-9-12(22)8-16(21)13-7-11(18)4-5-14(13)19/h3-7,12,16,22H,8-9H2,1-2H3/t12-,16-/m0/s1. The number of β-amino-alcohol motifs (C(OH)–C–C–N with tert-alkyl or cyclic N) is 1. The van der Waals surface area contributed by atoms with Crippen molar-refractivity contribution in [1.82, 2.24) is 9.47 Å². The maximum Gasteiger partial charge on any atom is 0.271 e. The summed E-state index contributed by atoms with van der Waals surface area (Å²) in [5.74, 6) is -1.44. The van der Waals surface area contributed by atoms with Gasteiger partial charge in [0.15, 0.2) is 0 Å². The van der Waals surface area contributed by atoms with E-state index in [9.17, 15) is 18.7 Å². The van der Waals surface area contributed by atoms with Crippen LogP contribution in [0, 0.1) is 18.6 Å². The summed E-state index contributed by atoms with van der Waals surface area (Å²) >= 11 is 0. The molecule has 0 radical (unpaired) electrons. The Morgan fingerprint density at radius 3 is 2.65 bits per heavy atom. The number of carbonyl (C=O) groups is 1. The van der Waals surface area contributed by atoms with Gasteiger partial charge in [0.25, 0.3) is 5.91 Å². The van der Waals surface area contributed by atoms with Crippen LogP contribution < -0.4 is 0 Å². The quantitative estimate of drug-likeness (QED) is 0.924. The molecule has 23 heavy (non-hydrogen) atoms. The second kappa shape index (κ2) is 5.77. The van der Waals surface area contributed by atoms with Crippen LogP contribution >= 0.6 is 0 Å². The third kappa shape index (κ3) is 2.74. The van der Waals surface area contributed by atoms with E-state index in [1.54, 1.807) is 17.7 Å². The Kier molecular flexibility index (Phi) is 3.93. The Hall–Kier alpha value is -2.21. The molecule has 1 aromatic carbocycles. The highest BCUT2D eigenvalue weighted by Crippen LogP contribution is 2.35. The number of hydrogen-bond acceptors (Lipinski definition) is 2. The van der Waals surface area contributed by atoms with Gasteiger partial charge in [0.2, 0.25) is 0 Å². The van der Waals surface area contributed by atoms with Crippen LogP contribution in [0.2, 0.25) is 0 Å². The number of halogens is 2. The van der Waals surface area contributed by atoms with Gasteiger partial charge in [-0.1, -0.05) is 0 Å². The summed E-state index contributed by atoms with van der Waals surface area (Å²) in [5, 5.41) is 9.94. The molecule has 1 aliphatic heterocycles. The summed E-state index contributed by atoms with van der Waals surface area (Å²) in [6.45, 7) is 1.98. The lowest BCUT2D eigenvalue weighted by Gasteiger charge is -2.25. The van der Waals surface area contributed by atoms with Crippen LogP contribution in [0.4, 0.5) is 8.78 Å². The highest BCUT2D eigenvalue weighted by molar-refractivity contribution is 5.93. The van der Waals surface area contributed by atoms with E-state index in [4.69, 9.17) is 0 Å². The largest absolute Gasteiger partial charge is 0.391 e. The summed E-state index contributed by atoms with van der Waals surface area (Å²) in [7, 11) is 1.77. The summed E-state index contributed by atoms with van der Waals surface area (Å²) < 4.78 is 29.3. The van der Waals surface area contributed by atoms with Gasteiger partial charge in [-0.15, -0.1) is 0 Å². The number of aliphatic hydroxyl groups is 1. The maximum atomic E-state index is 14.1. The van der Waals surface area contributed by atoms with Gasteiger partial charge >= 0.3 is 0 Å². The fourth-order valence-electron chi connectivity index (χ4n) is 3.08. The lowest BCUT2D eigenvalue weighted by atomic mass is 10.0. The molecule has 0 unspecified atom stereocenters. The average Bonchev–Trinajstić information content (AvgIpc) is 3.05. The van der Waals surface area contributed by atoms with Crippen LogP contribution in [-0.2, 0) is 7.05 Å². The number of hydrogen-bond donors (Lipinski definition) is 1. The Morgan fingerprint density at radius 1 is 1.26 bits per heavy atom. The van der Waals surface area contributed by atoms with Gasteiger partial charge in [0.1, 0.15) is 17.3 Å². The van der Waals surface area contributed by atoms with Crippen LogP contribution in [-0.4, -0.2) is 33.1 Å². The fraction of sp³-hybridized carbons (Fsp3) is 0.353. The number of benzene rings is 1. The molecule has 4 nitrogen and oxygen atoms in total. The van der Waals surface area contributed by atoms with E-state index in [0.717, 1.165) is 23.9 Å². The van der Waals surface area contributed by atoms with Crippen molar-refractivity contribution >= 4 is 5.91 Å². The first kappa shape index (κ1) is 15.7. The van der Waals surface area contributed by atoms with E-state index in [0.29, 0.717) is 5.69 Å². The maximum absolute atomic E-state index is 14.1. The molecule has 1 aliphatic rings. The molecular weight excluding hydrogens is 302 g/mol. The van der Waals surface area contributed by atoms with E-state index < -0.39 is 23.8 Å². The number of carbonyl (C=O) groups excluding carboxylic acids is 1. The predicted octanol–water partition coefficient (Wildman–Crippen LogP) is 2.56. The first-order valence-electron chi connectivity index (χ1n) is 7.44. The predicted molar refractivity (Wildman–Crippen MR) is 80.9 cm³/mol. The molecule has 0 saturated carbocycles. The number of aromatic nitrogens is 1. The smallest absolute Gasteiger partial charge is 0.271 e. The highest BCUT2D eigenvalue weighted by atomic mass is 19.1. The van der Waals surface area contributed by atoms with Crippen molar-refractivity contribution in [2.45, 2.75) is 25.5 Å². The Morgan fingerprint density at radius 2 is 2.00 bits per heavy atom. The minimum absolute atomic E-state index is 0.0980. The van der Waals surface area contributed by atoms with Gasteiger partial charge in [0.05, 0.1) is 12.1 Å². The van der Waals surface area contributed by atoms with Crippen LogP contribution in [0.15, 0.2) is 30.3 Å². The van der Waals surface area contributed by atoms with Gasteiger partial charge in [0, 0.05) is 24.8 Å². The van der Waals surface area contributed by atoms with Crippen molar-refractivity contribution in [2.75, 3.05) is 6.54 Å². The van der Waals surface area contributed by atoms with E-state index in [1.165, 1.54) is 4.90 Å². The lowest BCUT2D eigenvalue weighted by Crippen LogP contribution is -2.33. The Bertz CT molecular complexity index is 757. The van der Waals surface area contributed by atoms with Crippen molar-refractivity contribution in [3.63, 3.8) is 0 Å². The molecule has 1 N–H and O–H groups in total. The van der Waals surface area contributed by atoms with E-state index in [-0.39, 0.29) is 24.4 Å². The molecule has 2 aromatic rings. The number of likely N-dealkylation sites (tertiary alicyclic amines) is 1. The molecule has 0 spiro atoms. The SMILES string of the molecule is Cc1ccc(C(=O)N2C[C@@H](O)C[C@H]2c2cc(F)ccc2F)n1C. The van der Waals surface area contributed by atoms with Gasteiger partial charge < -0.3 is 14.6 Å². The number of aliphatic hydroxyl groups excluding tert-OH is 1. The molecule has 1 aromatic heterocycles. The lowest BCUT2D eigenvalue weighted by molar-refractivity contribution is 0.0704. The van der Waals surface area contributed by atoms with Gasteiger partial charge in [-0.3, -0.25) is 4.79 Å². The second-order valence-electron chi connectivity index (χ2n) is 5.95. The molecule has 2 atom stereocenters. The topological polar surface area (TPSA) is 45.5 Å². The molecule has 0 bridgehead atoms. The van der Waals surface area contributed by atoms with Crippen molar-refractivity contribution in [3.8, 4) is 0 Å². The van der Waals surface area contributed by atoms with Crippen LogP contribution in [0.25, 0.3) is 0 Å². The van der Waals surface area contributed by atoms with Crippen LogP contribution in [0.1, 0.15) is 34.2 Å². The molecule has 3 rings (SSSR count). The normalized spacial score (nSPS) is 21.0. The highest BCUT2D eigenvalue weighted by Gasteiger charge is 2.38. The van der Waals surface area contributed by atoms with E-state index in [1.807, 2.05) is 13.0 Å². The minimum Gasteiger partial charge on any atom is -0.391 e. The zero-order valence-electron chi connectivity index (χ0n) is 13.0. The number of nitrogens with zero attached hydrogens (tertiary/aromatic N) is 2. The van der Waals surface area contributed by atoms with Crippen LogP contribution in [0.5, 0.6) is 0 Å². The first-order chi connectivity index (χ1) is 10.9. The fourth-order valence-corrected chi connectivity index (χ4v) is 3.08. The van der Waals surface area contributed by atoms with Crippen molar-refractivity contribution < 1.29 is 18.7 Å². The summed E-state index contributed by atoms with van der Waals surface area (Å²) in [6, 6.07) is 6.01. The Labute approximate surface area is 133 Å². The zero-order valence-corrected chi connectivity index (χ0v) is 13.0. The summed E-state index contributed by atoms with van der Waals surface area (Å²) in [6.07, 6.45) is -0.566. The Balaban J connectivity index is 1.98. The third-order valence-electron chi connectivity index (χ3n) is 4.45. The summed E-state index contributed by atoms with van der Waals surface area (Å²) in [4.78, 5) is 14.2. The molecule has 1 fully saturated rings. The van der Waals surface area contributed by atoms with E-state index in [2.05, 4.69) is 0 Å².